The summed E-state index contributed by atoms with van der Waals surface area (Å²) in [7, 11) is 1.29. The number of thiazole rings is 1. The summed E-state index contributed by atoms with van der Waals surface area (Å²) in [5.74, 6) is -0.624. The van der Waals surface area contributed by atoms with Gasteiger partial charge in [0.05, 0.1) is 12.1 Å². The topological polar surface area (TPSA) is 77.3 Å². The number of piperidine rings is 1. The van der Waals surface area contributed by atoms with Crippen LogP contribution in [0.3, 0.4) is 0 Å². The van der Waals surface area contributed by atoms with Crippen LogP contribution < -0.4 is 0 Å². The number of hydrogen-bond acceptors (Lipinski definition) is 6. The van der Waals surface area contributed by atoms with Crippen LogP contribution in [0.25, 0.3) is 0 Å². The minimum Gasteiger partial charge on any atom is -0.464 e. The highest BCUT2D eigenvalue weighted by Gasteiger charge is 2.34. The highest BCUT2D eigenvalue weighted by Crippen LogP contribution is 2.31. The fourth-order valence-electron chi connectivity index (χ4n) is 2.89. The number of amides is 1. The zero-order chi connectivity index (χ0) is 19.6. The van der Waals surface area contributed by atoms with Crippen molar-refractivity contribution >= 4 is 23.2 Å². The SMILES string of the molecule is COC(=O)c1csc(C2CCN(C(=O)Cn3ccc(C(F)(F)F)n3)CC2)n1. The van der Waals surface area contributed by atoms with Gasteiger partial charge in [0.1, 0.15) is 6.54 Å². The van der Waals surface area contributed by atoms with E-state index in [4.69, 9.17) is 0 Å². The van der Waals surface area contributed by atoms with Gasteiger partial charge in [-0.25, -0.2) is 9.78 Å². The molecule has 1 aliphatic heterocycles. The summed E-state index contributed by atoms with van der Waals surface area (Å²) in [6.07, 6.45) is -2.03. The minimum absolute atomic E-state index is 0.138. The highest BCUT2D eigenvalue weighted by molar-refractivity contribution is 7.09. The summed E-state index contributed by atoms with van der Waals surface area (Å²) in [6, 6.07) is 0.848. The van der Waals surface area contributed by atoms with Crippen molar-refractivity contribution < 1.29 is 27.5 Å². The van der Waals surface area contributed by atoms with Crippen molar-refractivity contribution in [2.75, 3.05) is 20.2 Å². The smallest absolute Gasteiger partial charge is 0.435 e. The average molecular weight is 402 g/mol. The first-order valence-corrected chi connectivity index (χ1v) is 9.08. The van der Waals surface area contributed by atoms with Crippen LogP contribution in [0, 0.1) is 0 Å². The largest absolute Gasteiger partial charge is 0.464 e. The summed E-state index contributed by atoms with van der Waals surface area (Å²) < 4.78 is 43.3. The molecule has 1 aliphatic rings. The van der Waals surface area contributed by atoms with Crippen LogP contribution >= 0.6 is 11.3 Å². The van der Waals surface area contributed by atoms with Crippen LogP contribution in [-0.4, -0.2) is 51.7 Å². The Bertz CT molecular complexity index is 825. The van der Waals surface area contributed by atoms with Gasteiger partial charge in [-0.15, -0.1) is 11.3 Å². The second kappa shape index (κ2) is 7.67. The molecule has 0 radical (unpaired) electrons. The second-order valence-electron chi connectivity index (χ2n) is 6.11. The molecular weight excluding hydrogens is 385 g/mol. The molecule has 1 saturated heterocycles. The molecule has 0 bridgehead atoms. The molecule has 0 aliphatic carbocycles. The zero-order valence-electron chi connectivity index (χ0n) is 14.4. The van der Waals surface area contributed by atoms with E-state index in [0.717, 1.165) is 22.0 Å². The number of carbonyl (C=O) groups is 2. The van der Waals surface area contributed by atoms with Gasteiger partial charge < -0.3 is 9.64 Å². The Hall–Kier alpha value is -2.43. The van der Waals surface area contributed by atoms with Crippen molar-refractivity contribution in [3.05, 3.63) is 34.0 Å². The van der Waals surface area contributed by atoms with Crippen molar-refractivity contribution in [3.63, 3.8) is 0 Å². The van der Waals surface area contributed by atoms with Crippen LogP contribution in [0.5, 0.6) is 0 Å². The van der Waals surface area contributed by atoms with Gasteiger partial charge >= 0.3 is 12.1 Å². The fourth-order valence-corrected chi connectivity index (χ4v) is 3.85. The number of methoxy groups -OCH3 is 1. The average Bonchev–Trinajstić information content (AvgIpc) is 3.30. The van der Waals surface area contributed by atoms with Crippen LogP contribution in [0.15, 0.2) is 17.6 Å². The number of carbonyl (C=O) groups excluding carboxylic acids is 2. The molecule has 0 atom stereocenters. The molecule has 2 aromatic rings. The number of esters is 1. The number of nitrogens with zero attached hydrogens (tertiary/aromatic N) is 4. The van der Waals surface area contributed by atoms with Gasteiger partial charge in [-0.1, -0.05) is 0 Å². The van der Waals surface area contributed by atoms with Crippen LogP contribution in [0.1, 0.15) is 39.9 Å². The molecule has 27 heavy (non-hydrogen) atoms. The van der Waals surface area contributed by atoms with E-state index in [1.165, 1.54) is 18.4 Å². The lowest BCUT2D eigenvalue weighted by Gasteiger charge is -2.31. The fraction of sp³-hybridized carbons (Fsp3) is 0.500. The van der Waals surface area contributed by atoms with Crippen molar-refractivity contribution in [2.24, 2.45) is 0 Å². The minimum atomic E-state index is -4.52. The molecule has 0 aromatic carbocycles. The van der Waals surface area contributed by atoms with Crippen molar-refractivity contribution in [1.82, 2.24) is 19.7 Å². The number of alkyl halides is 3. The Balaban J connectivity index is 1.54. The van der Waals surface area contributed by atoms with Gasteiger partial charge in [0.15, 0.2) is 11.4 Å². The quantitative estimate of drug-likeness (QED) is 0.735. The molecule has 0 saturated carbocycles. The van der Waals surface area contributed by atoms with Crippen LogP contribution in [0.2, 0.25) is 0 Å². The van der Waals surface area contributed by atoms with Gasteiger partial charge in [0, 0.05) is 30.6 Å². The Morgan fingerprint density at radius 2 is 2.04 bits per heavy atom. The number of likely N-dealkylation sites (tertiary alicyclic amines) is 1. The van der Waals surface area contributed by atoms with E-state index in [9.17, 15) is 22.8 Å². The standard InChI is InChI=1S/C16H17F3N4O3S/c1-26-15(25)11-9-27-14(20-11)10-2-5-22(6-3-10)13(24)8-23-7-4-12(21-23)16(17,18)19/h4,7,9-10H,2-3,5-6,8H2,1H3. The Morgan fingerprint density at radius 1 is 1.33 bits per heavy atom. The molecule has 146 valence electrons. The third kappa shape index (κ3) is 4.46. The lowest BCUT2D eigenvalue weighted by atomic mass is 9.97. The van der Waals surface area contributed by atoms with E-state index in [-0.39, 0.29) is 24.1 Å². The Labute approximate surface area is 156 Å². The lowest BCUT2D eigenvalue weighted by molar-refractivity contribution is -0.142. The van der Waals surface area contributed by atoms with Crippen LogP contribution in [0.4, 0.5) is 13.2 Å². The van der Waals surface area contributed by atoms with E-state index in [1.807, 2.05) is 0 Å². The maximum absolute atomic E-state index is 12.6. The first-order valence-electron chi connectivity index (χ1n) is 8.20. The van der Waals surface area contributed by atoms with E-state index >= 15 is 0 Å². The Morgan fingerprint density at radius 3 is 2.63 bits per heavy atom. The molecule has 0 spiro atoms. The van der Waals surface area contributed by atoms with E-state index in [2.05, 4.69) is 14.8 Å². The van der Waals surface area contributed by atoms with E-state index in [1.54, 1.807) is 10.3 Å². The molecule has 0 N–H and O–H groups in total. The molecule has 2 aromatic heterocycles. The monoisotopic (exact) mass is 402 g/mol. The predicted octanol–water partition coefficient (Wildman–Crippen LogP) is 2.55. The molecular formula is C16H17F3N4O3S. The van der Waals surface area contributed by atoms with Crippen molar-refractivity contribution in [3.8, 4) is 0 Å². The second-order valence-corrected chi connectivity index (χ2v) is 7.00. The molecule has 3 rings (SSSR count). The number of halogens is 3. The third-order valence-electron chi connectivity index (χ3n) is 4.34. The summed E-state index contributed by atoms with van der Waals surface area (Å²) in [5, 5.41) is 5.87. The van der Waals surface area contributed by atoms with Gasteiger partial charge in [-0.3, -0.25) is 9.48 Å². The summed E-state index contributed by atoms with van der Waals surface area (Å²) in [6.45, 7) is 0.721. The molecule has 3 heterocycles. The van der Waals surface area contributed by atoms with Gasteiger partial charge in [-0.2, -0.15) is 18.3 Å². The van der Waals surface area contributed by atoms with Crippen molar-refractivity contribution in [2.45, 2.75) is 31.5 Å². The number of aromatic nitrogens is 3. The molecule has 1 amide bonds. The third-order valence-corrected chi connectivity index (χ3v) is 5.35. The summed E-state index contributed by atoms with van der Waals surface area (Å²) >= 11 is 1.38. The van der Waals surface area contributed by atoms with Crippen LogP contribution in [-0.2, 0) is 22.3 Å². The summed E-state index contributed by atoms with van der Waals surface area (Å²) in [4.78, 5) is 29.7. The van der Waals surface area contributed by atoms with Gasteiger partial charge in [0.25, 0.3) is 0 Å². The number of ether oxygens (including phenoxy) is 1. The first kappa shape index (κ1) is 19.3. The first-order chi connectivity index (χ1) is 12.8. The predicted molar refractivity (Wildman–Crippen MR) is 89.2 cm³/mol. The zero-order valence-corrected chi connectivity index (χ0v) is 15.2. The molecule has 7 nitrogen and oxygen atoms in total. The molecule has 1 fully saturated rings. The maximum atomic E-state index is 12.6. The van der Waals surface area contributed by atoms with Gasteiger partial charge in [0.2, 0.25) is 5.91 Å². The Kier molecular flexibility index (Phi) is 5.49. The maximum Gasteiger partial charge on any atom is 0.435 e. The van der Waals surface area contributed by atoms with Crippen molar-refractivity contribution in [1.29, 1.82) is 0 Å². The summed E-state index contributed by atoms with van der Waals surface area (Å²) in [5.41, 5.74) is -0.741. The molecule has 11 heteroatoms. The number of rotatable bonds is 4. The highest BCUT2D eigenvalue weighted by atomic mass is 32.1. The lowest BCUT2D eigenvalue weighted by Crippen LogP contribution is -2.39. The van der Waals surface area contributed by atoms with Gasteiger partial charge in [-0.05, 0) is 18.9 Å². The normalized spacial score (nSPS) is 15.8. The van der Waals surface area contributed by atoms with E-state index < -0.39 is 17.8 Å². The molecule has 0 unspecified atom stereocenters. The number of hydrogen-bond donors (Lipinski definition) is 0. The van der Waals surface area contributed by atoms with E-state index in [0.29, 0.717) is 25.9 Å².